The van der Waals surface area contributed by atoms with Gasteiger partial charge in [-0.15, -0.1) is 0 Å². The summed E-state index contributed by atoms with van der Waals surface area (Å²) in [6.07, 6.45) is 3.73. The van der Waals surface area contributed by atoms with Gasteiger partial charge < -0.3 is 14.7 Å². The molecule has 1 amide bonds. The molecule has 1 aliphatic heterocycles. The van der Waals surface area contributed by atoms with Gasteiger partial charge in [0.05, 0.1) is 6.61 Å². The van der Waals surface area contributed by atoms with Crippen LogP contribution in [-0.4, -0.2) is 41.6 Å². The average Bonchev–Trinajstić information content (AvgIpc) is 2.58. The molecule has 1 atom stereocenters. The lowest BCUT2D eigenvalue weighted by Crippen LogP contribution is -2.40. The molecule has 0 bridgehead atoms. The Labute approximate surface area is 141 Å². The third kappa shape index (κ3) is 6.18. The van der Waals surface area contributed by atoms with Crippen LogP contribution in [0.1, 0.15) is 38.5 Å². The SMILES string of the molecule is O=C(O)CC[C@H]1CCCN(C(=O)CCCOc2ccc(F)cc2)C1. The highest BCUT2D eigenvalue weighted by atomic mass is 19.1. The second-order valence-electron chi connectivity index (χ2n) is 6.19. The van der Waals surface area contributed by atoms with Gasteiger partial charge >= 0.3 is 5.97 Å². The highest BCUT2D eigenvalue weighted by Gasteiger charge is 2.23. The third-order valence-corrected chi connectivity index (χ3v) is 4.26. The second kappa shape index (κ2) is 9.25. The van der Waals surface area contributed by atoms with Crippen LogP contribution in [-0.2, 0) is 9.59 Å². The topological polar surface area (TPSA) is 66.8 Å². The number of aliphatic carboxylic acids is 1. The molecule has 0 unspecified atom stereocenters. The first kappa shape index (κ1) is 18.2. The monoisotopic (exact) mass is 337 g/mol. The fraction of sp³-hybridized carbons (Fsp3) is 0.556. The average molecular weight is 337 g/mol. The minimum absolute atomic E-state index is 0.0951. The molecule has 1 N–H and O–H groups in total. The van der Waals surface area contributed by atoms with Crippen molar-refractivity contribution in [3.05, 3.63) is 30.1 Å². The van der Waals surface area contributed by atoms with Crippen molar-refractivity contribution in [1.82, 2.24) is 4.90 Å². The molecule has 24 heavy (non-hydrogen) atoms. The van der Waals surface area contributed by atoms with Gasteiger partial charge in [-0.25, -0.2) is 4.39 Å². The van der Waals surface area contributed by atoms with Gasteiger partial charge in [-0.1, -0.05) is 0 Å². The highest BCUT2D eigenvalue weighted by molar-refractivity contribution is 5.76. The van der Waals surface area contributed by atoms with Crippen LogP contribution in [0.15, 0.2) is 24.3 Å². The lowest BCUT2D eigenvalue weighted by Gasteiger charge is -2.32. The standard InChI is InChI=1S/C18H24FNO4/c19-15-6-8-16(9-7-15)24-12-2-4-17(21)20-11-1-3-14(13-20)5-10-18(22)23/h6-9,14H,1-5,10-13H2,(H,22,23)/t14-/m1/s1. The van der Waals surface area contributed by atoms with E-state index in [-0.39, 0.29) is 24.1 Å². The molecule has 1 fully saturated rings. The van der Waals surface area contributed by atoms with E-state index in [2.05, 4.69) is 0 Å². The summed E-state index contributed by atoms with van der Waals surface area (Å²) in [5, 5.41) is 8.76. The quantitative estimate of drug-likeness (QED) is 0.740. The van der Waals surface area contributed by atoms with E-state index in [1.54, 1.807) is 12.1 Å². The zero-order valence-electron chi connectivity index (χ0n) is 13.7. The van der Waals surface area contributed by atoms with Crippen molar-refractivity contribution < 1.29 is 23.8 Å². The maximum Gasteiger partial charge on any atom is 0.303 e. The summed E-state index contributed by atoms with van der Waals surface area (Å²) in [7, 11) is 0. The Bertz CT molecular complexity index is 546. The number of nitrogens with zero attached hydrogens (tertiary/aromatic N) is 1. The molecule has 0 radical (unpaired) electrons. The summed E-state index contributed by atoms with van der Waals surface area (Å²) in [4.78, 5) is 24.7. The first-order valence-electron chi connectivity index (χ1n) is 8.42. The summed E-state index contributed by atoms with van der Waals surface area (Å²) >= 11 is 0. The van der Waals surface area contributed by atoms with Crippen LogP contribution in [0.4, 0.5) is 4.39 Å². The van der Waals surface area contributed by atoms with E-state index in [0.717, 1.165) is 19.4 Å². The number of amides is 1. The molecule has 1 saturated heterocycles. The number of carboxylic acid groups (broad SMARTS) is 1. The number of carbonyl (C=O) groups is 2. The number of carboxylic acids is 1. The molecule has 1 heterocycles. The third-order valence-electron chi connectivity index (χ3n) is 4.26. The van der Waals surface area contributed by atoms with Crippen molar-refractivity contribution in [3.63, 3.8) is 0 Å². The van der Waals surface area contributed by atoms with Gasteiger partial charge in [0.15, 0.2) is 0 Å². The van der Waals surface area contributed by atoms with Crippen molar-refractivity contribution in [2.24, 2.45) is 5.92 Å². The molecule has 0 spiro atoms. The zero-order valence-corrected chi connectivity index (χ0v) is 13.7. The molecule has 0 saturated carbocycles. The van der Waals surface area contributed by atoms with Gasteiger partial charge in [0.2, 0.25) is 5.91 Å². The van der Waals surface area contributed by atoms with E-state index in [9.17, 15) is 14.0 Å². The lowest BCUT2D eigenvalue weighted by atomic mass is 9.93. The Morgan fingerprint density at radius 3 is 2.71 bits per heavy atom. The molecule has 1 aliphatic rings. The van der Waals surface area contributed by atoms with E-state index in [0.29, 0.717) is 38.2 Å². The largest absolute Gasteiger partial charge is 0.494 e. The van der Waals surface area contributed by atoms with Crippen LogP contribution in [0, 0.1) is 11.7 Å². The highest BCUT2D eigenvalue weighted by Crippen LogP contribution is 2.21. The minimum atomic E-state index is -0.781. The van der Waals surface area contributed by atoms with Gasteiger partial charge in [0, 0.05) is 25.9 Å². The predicted octanol–water partition coefficient (Wildman–Crippen LogP) is 3.09. The Kier molecular flexibility index (Phi) is 7.03. The second-order valence-corrected chi connectivity index (χ2v) is 6.19. The number of rotatable bonds is 8. The Morgan fingerprint density at radius 2 is 2.00 bits per heavy atom. The van der Waals surface area contributed by atoms with E-state index in [1.807, 2.05) is 4.90 Å². The van der Waals surface area contributed by atoms with Crippen molar-refractivity contribution in [3.8, 4) is 5.75 Å². The van der Waals surface area contributed by atoms with Crippen molar-refractivity contribution in [1.29, 1.82) is 0 Å². The van der Waals surface area contributed by atoms with Crippen LogP contribution in [0.3, 0.4) is 0 Å². The van der Waals surface area contributed by atoms with Crippen molar-refractivity contribution in [2.45, 2.75) is 38.5 Å². The summed E-state index contributed by atoms with van der Waals surface area (Å²) in [6.45, 7) is 1.82. The van der Waals surface area contributed by atoms with Gasteiger partial charge in [0.25, 0.3) is 0 Å². The molecule has 2 rings (SSSR count). The summed E-state index contributed by atoms with van der Waals surface area (Å²) < 4.78 is 18.3. The van der Waals surface area contributed by atoms with Gasteiger partial charge in [-0.3, -0.25) is 9.59 Å². The van der Waals surface area contributed by atoms with Crippen molar-refractivity contribution in [2.75, 3.05) is 19.7 Å². The van der Waals surface area contributed by atoms with Crippen LogP contribution >= 0.6 is 0 Å². The molecule has 6 heteroatoms. The smallest absolute Gasteiger partial charge is 0.303 e. The number of piperidine rings is 1. The van der Waals surface area contributed by atoms with Crippen LogP contribution < -0.4 is 4.74 Å². The van der Waals surface area contributed by atoms with Gasteiger partial charge in [-0.05, 0) is 55.9 Å². The first-order chi connectivity index (χ1) is 11.5. The molecule has 132 valence electrons. The van der Waals surface area contributed by atoms with E-state index in [1.165, 1.54) is 12.1 Å². The number of hydrogen-bond acceptors (Lipinski definition) is 3. The predicted molar refractivity (Wildman–Crippen MR) is 87.3 cm³/mol. The van der Waals surface area contributed by atoms with Gasteiger partial charge in [-0.2, -0.15) is 0 Å². The Morgan fingerprint density at radius 1 is 1.25 bits per heavy atom. The molecular formula is C18H24FNO4. The van der Waals surface area contributed by atoms with Gasteiger partial charge in [0.1, 0.15) is 11.6 Å². The number of likely N-dealkylation sites (tertiary alicyclic amines) is 1. The number of benzene rings is 1. The summed E-state index contributed by atoms with van der Waals surface area (Å²) in [5.74, 6) is -0.112. The molecule has 0 aromatic heterocycles. The molecule has 5 nitrogen and oxygen atoms in total. The lowest BCUT2D eigenvalue weighted by molar-refractivity contribution is -0.137. The number of hydrogen-bond donors (Lipinski definition) is 1. The minimum Gasteiger partial charge on any atom is -0.494 e. The fourth-order valence-corrected chi connectivity index (χ4v) is 2.96. The van der Waals surface area contributed by atoms with E-state index < -0.39 is 5.97 Å². The normalized spacial score (nSPS) is 17.5. The van der Waals surface area contributed by atoms with E-state index >= 15 is 0 Å². The molecule has 1 aromatic carbocycles. The van der Waals surface area contributed by atoms with Crippen LogP contribution in [0.25, 0.3) is 0 Å². The summed E-state index contributed by atoms with van der Waals surface area (Å²) in [5.41, 5.74) is 0. The van der Waals surface area contributed by atoms with Crippen molar-refractivity contribution >= 4 is 11.9 Å². The van der Waals surface area contributed by atoms with Crippen LogP contribution in [0.2, 0.25) is 0 Å². The van der Waals surface area contributed by atoms with Crippen LogP contribution in [0.5, 0.6) is 5.75 Å². The first-order valence-corrected chi connectivity index (χ1v) is 8.42. The molecular weight excluding hydrogens is 313 g/mol. The number of halogens is 1. The zero-order chi connectivity index (χ0) is 17.4. The molecule has 0 aliphatic carbocycles. The Balaban J connectivity index is 1.66. The maximum atomic E-state index is 12.8. The van der Waals surface area contributed by atoms with E-state index in [4.69, 9.17) is 9.84 Å². The number of carbonyl (C=O) groups excluding carboxylic acids is 1. The molecule has 1 aromatic rings. The maximum absolute atomic E-state index is 12.8. The fourth-order valence-electron chi connectivity index (χ4n) is 2.96. The summed E-state index contributed by atoms with van der Waals surface area (Å²) in [6, 6.07) is 5.81. The Hall–Kier alpha value is -2.11. The number of ether oxygens (including phenoxy) is 1.